The van der Waals surface area contributed by atoms with Crippen LogP contribution < -0.4 is 16.0 Å². The van der Waals surface area contributed by atoms with Crippen LogP contribution in [0.5, 0.6) is 0 Å². The normalized spacial score (nSPS) is 10.3. The molecular weight excluding hydrogens is 586 g/mol. The zero-order valence-electron chi connectivity index (χ0n) is 25.4. The molecule has 4 aromatic carbocycles. The van der Waals surface area contributed by atoms with Gasteiger partial charge in [0, 0.05) is 18.8 Å². The Balaban J connectivity index is 1.24. The summed E-state index contributed by atoms with van der Waals surface area (Å²) in [6, 6.07) is 31.6. The van der Waals surface area contributed by atoms with Crippen LogP contribution in [-0.2, 0) is 34.0 Å². The predicted octanol–water partition coefficient (Wildman–Crippen LogP) is 6.62. The van der Waals surface area contributed by atoms with Crippen molar-refractivity contribution in [3.63, 3.8) is 0 Å². The fourth-order valence-corrected chi connectivity index (χ4v) is 4.32. The number of anilines is 1. The molecule has 0 heterocycles. The van der Waals surface area contributed by atoms with E-state index in [1.807, 2.05) is 91.0 Å². The smallest absolute Gasteiger partial charge is 0.407 e. The molecule has 4 aromatic rings. The molecule has 3 amide bonds. The first kappa shape index (κ1) is 33.3. The fraction of sp³-hybridized carbons (Fsp3) is 0.222. The maximum absolute atomic E-state index is 12.9. The highest BCUT2D eigenvalue weighted by Crippen LogP contribution is 2.19. The van der Waals surface area contributed by atoms with E-state index in [2.05, 4.69) is 16.0 Å². The number of rotatable bonds is 15. The summed E-state index contributed by atoms with van der Waals surface area (Å²) in [5, 5.41) is 8.17. The van der Waals surface area contributed by atoms with Crippen molar-refractivity contribution in [1.29, 1.82) is 0 Å². The Hall–Kier alpha value is -5.64. The van der Waals surface area contributed by atoms with Crippen molar-refractivity contribution in [2.75, 3.05) is 18.4 Å². The van der Waals surface area contributed by atoms with Gasteiger partial charge in [0.2, 0.25) is 0 Å². The molecule has 4 rings (SSSR count). The maximum atomic E-state index is 12.9. The molecule has 0 aliphatic heterocycles. The minimum Gasteiger partial charge on any atom is -0.457 e. The predicted molar refractivity (Wildman–Crippen MR) is 173 cm³/mol. The zero-order valence-corrected chi connectivity index (χ0v) is 25.4. The van der Waals surface area contributed by atoms with E-state index in [1.165, 1.54) is 18.2 Å². The van der Waals surface area contributed by atoms with Gasteiger partial charge in [0.1, 0.15) is 19.8 Å². The van der Waals surface area contributed by atoms with E-state index >= 15 is 0 Å². The van der Waals surface area contributed by atoms with Gasteiger partial charge >= 0.3 is 24.1 Å². The van der Waals surface area contributed by atoms with Crippen molar-refractivity contribution >= 4 is 29.8 Å². The lowest BCUT2D eigenvalue weighted by molar-refractivity contribution is 0.0470. The van der Waals surface area contributed by atoms with Crippen molar-refractivity contribution in [3.05, 3.63) is 137 Å². The highest BCUT2D eigenvalue weighted by Gasteiger charge is 2.17. The Labute approximate surface area is 268 Å². The maximum Gasteiger partial charge on any atom is 0.407 e. The number of carbonyl (C=O) groups is 4. The number of nitrogens with one attached hydrogen (secondary N) is 3. The number of hydrogen-bond acceptors (Lipinski definition) is 7. The summed E-state index contributed by atoms with van der Waals surface area (Å²) in [5.74, 6) is -1.30. The number of carbonyl (C=O) groups excluding carboxylic acids is 4. The summed E-state index contributed by atoms with van der Waals surface area (Å²) in [7, 11) is 0. The summed E-state index contributed by atoms with van der Waals surface area (Å²) in [5.41, 5.74) is 2.95. The van der Waals surface area contributed by atoms with Gasteiger partial charge in [0.05, 0.1) is 11.1 Å². The van der Waals surface area contributed by atoms with E-state index in [-0.39, 0.29) is 36.6 Å². The van der Waals surface area contributed by atoms with Crippen molar-refractivity contribution in [1.82, 2.24) is 10.6 Å². The highest BCUT2D eigenvalue weighted by molar-refractivity contribution is 5.99. The summed E-state index contributed by atoms with van der Waals surface area (Å²) < 4.78 is 16.1. The first-order valence-electron chi connectivity index (χ1n) is 15.0. The number of unbranched alkanes of at least 4 members (excludes halogenated alkanes) is 2. The van der Waals surface area contributed by atoms with Crippen molar-refractivity contribution in [3.8, 4) is 0 Å². The zero-order chi connectivity index (χ0) is 32.4. The van der Waals surface area contributed by atoms with Gasteiger partial charge in [-0.1, -0.05) is 91.0 Å². The van der Waals surface area contributed by atoms with Crippen molar-refractivity contribution < 1.29 is 33.4 Å². The quantitative estimate of drug-likeness (QED) is 0.0770. The van der Waals surface area contributed by atoms with Crippen molar-refractivity contribution in [2.45, 2.75) is 39.1 Å². The lowest BCUT2D eigenvalue weighted by atomic mass is 10.1. The molecule has 0 spiro atoms. The average molecular weight is 624 g/mol. The average Bonchev–Trinajstić information content (AvgIpc) is 3.09. The minimum atomic E-state index is -0.650. The van der Waals surface area contributed by atoms with Gasteiger partial charge < -0.3 is 30.2 Å². The Kier molecular flexibility index (Phi) is 13.2. The lowest BCUT2D eigenvalue weighted by Crippen LogP contribution is -2.30. The van der Waals surface area contributed by atoms with E-state index in [1.54, 1.807) is 0 Å². The van der Waals surface area contributed by atoms with Crippen LogP contribution >= 0.6 is 0 Å². The second kappa shape index (κ2) is 18.2. The molecule has 10 nitrogen and oxygen atoms in total. The van der Waals surface area contributed by atoms with Crippen LogP contribution in [-0.4, -0.2) is 37.2 Å². The molecule has 0 radical (unpaired) electrons. The second-order valence-corrected chi connectivity index (χ2v) is 10.4. The molecule has 0 fully saturated rings. The van der Waals surface area contributed by atoms with Crippen LogP contribution in [0.2, 0.25) is 0 Å². The van der Waals surface area contributed by atoms with Crippen LogP contribution in [0.15, 0.2) is 109 Å². The van der Waals surface area contributed by atoms with Gasteiger partial charge in [0.15, 0.2) is 0 Å². The van der Waals surface area contributed by atoms with Crippen LogP contribution in [0.4, 0.5) is 15.3 Å². The molecule has 10 heteroatoms. The molecular formula is C36H37N3O7. The molecule has 0 aliphatic carbocycles. The number of hydrogen-bond donors (Lipinski definition) is 3. The summed E-state index contributed by atoms with van der Waals surface area (Å²) >= 11 is 0. The molecule has 0 aliphatic rings. The topological polar surface area (TPSA) is 132 Å². The molecule has 0 aromatic heterocycles. The van der Waals surface area contributed by atoms with Gasteiger partial charge in [-0.15, -0.1) is 0 Å². The Morgan fingerprint density at radius 1 is 0.500 bits per heavy atom. The minimum absolute atomic E-state index is 0.0516. The van der Waals surface area contributed by atoms with E-state index in [0.29, 0.717) is 25.9 Å². The molecule has 0 unspecified atom stereocenters. The molecule has 238 valence electrons. The first-order valence-corrected chi connectivity index (χ1v) is 15.0. The highest BCUT2D eigenvalue weighted by atomic mass is 16.5. The van der Waals surface area contributed by atoms with Crippen molar-refractivity contribution in [2.24, 2.45) is 0 Å². The largest absolute Gasteiger partial charge is 0.457 e. The van der Waals surface area contributed by atoms with Crippen LogP contribution in [0.3, 0.4) is 0 Å². The van der Waals surface area contributed by atoms with E-state index in [0.717, 1.165) is 23.1 Å². The number of esters is 2. The van der Waals surface area contributed by atoms with Gasteiger partial charge in [-0.2, -0.15) is 0 Å². The molecule has 0 atom stereocenters. The third kappa shape index (κ3) is 11.8. The lowest BCUT2D eigenvalue weighted by Gasteiger charge is -2.12. The summed E-state index contributed by atoms with van der Waals surface area (Å²) in [6.07, 6.45) is 1.68. The molecule has 0 bridgehead atoms. The Morgan fingerprint density at radius 2 is 0.935 bits per heavy atom. The standard InChI is InChI=1S/C36H37N3O7/c40-33(44-24-27-13-5-1-6-14-27)30-21-31(34(41)45-25-28-15-7-2-8-16-28)23-32(22-30)39-35(42)37-19-11-4-12-20-38-36(43)46-26-29-17-9-3-10-18-29/h1-3,5-10,13-18,21-23H,4,11-12,19-20,24-26H2,(H,38,43)(H2,37,39,42). The number of benzene rings is 4. The Morgan fingerprint density at radius 3 is 1.41 bits per heavy atom. The number of alkyl carbamates (subject to hydrolysis) is 1. The number of ether oxygens (including phenoxy) is 3. The van der Waals surface area contributed by atoms with Crippen LogP contribution in [0.1, 0.15) is 56.7 Å². The van der Waals surface area contributed by atoms with Gasteiger partial charge in [-0.05, 0) is 54.2 Å². The fourth-order valence-electron chi connectivity index (χ4n) is 4.32. The molecule has 0 saturated carbocycles. The SMILES string of the molecule is O=C(NCCCCCNC(=O)OCc1ccccc1)Nc1cc(C(=O)OCc2ccccc2)cc(C(=O)OCc2ccccc2)c1. The van der Waals surface area contributed by atoms with Crippen LogP contribution in [0.25, 0.3) is 0 Å². The number of amides is 3. The van der Waals surface area contributed by atoms with Gasteiger partial charge in [-0.3, -0.25) is 0 Å². The number of urea groups is 1. The van der Waals surface area contributed by atoms with Gasteiger partial charge in [0.25, 0.3) is 0 Å². The van der Waals surface area contributed by atoms with Crippen LogP contribution in [0, 0.1) is 0 Å². The van der Waals surface area contributed by atoms with E-state index in [4.69, 9.17) is 14.2 Å². The third-order valence-electron chi connectivity index (χ3n) is 6.71. The summed E-state index contributed by atoms with van der Waals surface area (Å²) in [4.78, 5) is 50.3. The second-order valence-electron chi connectivity index (χ2n) is 10.4. The molecule has 0 saturated heterocycles. The van der Waals surface area contributed by atoms with Gasteiger partial charge in [-0.25, -0.2) is 19.2 Å². The van der Waals surface area contributed by atoms with E-state index in [9.17, 15) is 19.2 Å². The summed E-state index contributed by atoms with van der Waals surface area (Å²) in [6.45, 7) is 1.15. The molecule has 3 N–H and O–H groups in total. The monoisotopic (exact) mass is 623 g/mol. The van der Waals surface area contributed by atoms with E-state index < -0.39 is 24.1 Å². The third-order valence-corrected chi connectivity index (χ3v) is 6.71. The first-order chi connectivity index (χ1) is 22.5. The Bertz CT molecular complexity index is 1490. The molecule has 46 heavy (non-hydrogen) atoms.